The van der Waals surface area contributed by atoms with E-state index in [1.54, 1.807) is 6.21 Å². The lowest BCUT2D eigenvalue weighted by molar-refractivity contribution is -0.128. The second-order valence-corrected chi connectivity index (χ2v) is 7.12. The van der Waals surface area contributed by atoms with E-state index in [9.17, 15) is 4.79 Å². The summed E-state index contributed by atoms with van der Waals surface area (Å²) in [5.41, 5.74) is 3.56. The molecule has 0 bridgehead atoms. The first-order valence-electron chi connectivity index (χ1n) is 9.01. The Hall–Kier alpha value is -2.96. The lowest BCUT2D eigenvalue weighted by atomic mass is 9.86. The number of H-pyrrole nitrogens is 1. The van der Waals surface area contributed by atoms with Gasteiger partial charge in [0.15, 0.2) is 5.65 Å². The summed E-state index contributed by atoms with van der Waals surface area (Å²) in [4.78, 5) is 31.2. The molecule has 2 atom stereocenters. The van der Waals surface area contributed by atoms with Gasteiger partial charge in [0.1, 0.15) is 5.82 Å². The van der Waals surface area contributed by atoms with E-state index in [1.807, 2.05) is 35.6 Å². The van der Waals surface area contributed by atoms with Crippen molar-refractivity contribution in [2.24, 2.45) is 10.9 Å². The summed E-state index contributed by atoms with van der Waals surface area (Å²) in [6.45, 7) is 4.32. The maximum atomic E-state index is 12.8. The Labute approximate surface area is 150 Å². The van der Waals surface area contributed by atoms with E-state index in [0.29, 0.717) is 24.6 Å². The number of likely N-dealkylation sites (tertiary alicyclic amines) is 1. The molecule has 0 spiro atoms. The number of aromatic nitrogens is 4. The first-order chi connectivity index (χ1) is 12.7. The van der Waals surface area contributed by atoms with Crippen molar-refractivity contribution in [1.29, 1.82) is 0 Å². The number of carbonyl (C=O) groups is 1. The molecule has 5 heterocycles. The number of hydrogen-bond donors (Lipinski definition) is 1. The van der Waals surface area contributed by atoms with Gasteiger partial charge in [0.05, 0.1) is 35.5 Å². The highest BCUT2D eigenvalue weighted by atomic mass is 16.2. The maximum absolute atomic E-state index is 12.8. The molecule has 7 heteroatoms. The number of aliphatic imine (C=N–C) groups is 1. The number of nitrogens with zero attached hydrogens (tertiary/aromatic N) is 5. The summed E-state index contributed by atoms with van der Waals surface area (Å²) >= 11 is 0. The molecule has 132 valence electrons. The Morgan fingerprint density at radius 2 is 2.19 bits per heavy atom. The normalized spacial score (nSPS) is 23.1. The molecule has 0 aromatic carbocycles. The third-order valence-electron chi connectivity index (χ3n) is 5.56. The van der Waals surface area contributed by atoms with E-state index in [1.165, 1.54) is 0 Å². The monoisotopic (exact) mass is 348 g/mol. The molecule has 5 rings (SSSR count). The van der Waals surface area contributed by atoms with Crippen molar-refractivity contribution >= 4 is 28.8 Å². The Balaban J connectivity index is 1.54. The van der Waals surface area contributed by atoms with Gasteiger partial charge in [-0.25, -0.2) is 9.97 Å². The van der Waals surface area contributed by atoms with E-state index in [0.717, 1.165) is 35.5 Å². The molecule has 1 N–H and O–H groups in total. The molecule has 0 radical (unpaired) electrons. The number of aromatic amines is 1. The number of imidazole rings is 1. The quantitative estimate of drug-likeness (QED) is 0.771. The topological polar surface area (TPSA) is 78.7 Å². The van der Waals surface area contributed by atoms with E-state index in [4.69, 9.17) is 4.98 Å². The summed E-state index contributed by atoms with van der Waals surface area (Å²) in [6.07, 6.45) is 10.2. The van der Waals surface area contributed by atoms with Gasteiger partial charge in [-0.2, -0.15) is 0 Å². The number of amides is 1. The molecule has 3 aromatic heterocycles. The molecule has 1 saturated heterocycles. The van der Waals surface area contributed by atoms with Crippen molar-refractivity contribution in [3.05, 3.63) is 42.1 Å². The molecule has 0 saturated carbocycles. The van der Waals surface area contributed by atoms with Crippen molar-refractivity contribution in [3.8, 4) is 0 Å². The lowest BCUT2D eigenvalue weighted by Gasteiger charge is -2.36. The zero-order chi connectivity index (χ0) is 17.7. The largest absolute Gasteiger partial charge is 0.345 e. The Bertz CT molecular complexity index is 1060. The van der Waals surface area contributed by atoms with Crippen LogP contribution in [-0.2, 0) is 4.79 Å². The molecule has 1 amide bonds. The third kappa shape index (κ3) is 2.27. The van der Waals surface area contributed by atoms with Crippen LogP contribution in [0.5, 0.6) is 0 Å². The van der Waals surface area contributed by atoms with Crippen LogP contribution in [0, 0.1) is 5.92 Å². The van der Waals surface area contributed by atoms with Gasteiger partial charge in [-0.3, -0.25) is 14.2 Å². The second kappa shape index (κ2) is 5.79. The smallest absolute Gasteiger partial charge is 0.255 e. The van der Waals surface area contributed by atoms with Gasteiger partial charge in [0.2, 0.25) is 0 Å². The number of fused-ring (bicyclic) bond motifs is 3. The van der Waals surface area contributed by atoms with Crippen molar-refractivity contribution in [1.82, 2.24) is 24.3 Å². The van der Waals surface area contributed by atoms with E-state index in [-0.39, 0.29) is 11.8 Å². The number of nitrogens with one attached hydrogen (secondary N) is 1. The fourth-order valence-electron chi connectivity index (χ4n) is 4.03. The Kier molecular flexibility index (Phi) is 3.41. The van der Waals surface area contributed by atoms with Gasteiger partial charge < -0.3 is 9.88 Å². The average molecular weight is 348 g/mol. The number of hydrogen-bond acceptors (Lipinski definition) is 4. The highest BCUT2D eigenvalue weighted by Crippen LogP contribution is 2.33. The van der Waals surface area contributed by atoms with Crippen LogP contribution in [0.4, 0.5) is 0 Å². The van der Waals surface area contributed by atoms with Crippen LogP contribution in [0.25, 0.3) is 16.7 Å². The zero-order valence-corrected chi connectivity index (χ0v) is 14.6. The van der Waals surface area contributed by atoms with Gasteiger partial charge in [-0.05, 0) is 24.5 Å². The lowest BCUT2D eigenvalue weighted by Crippen LogP contribution is -2.43. The predicted molar refractivity (Wildman–Crippen MR) is 99.4 cm³/mol. The predicted octanol–water partition coefficient (Wildman–Crippen LogP) is 2.17. The first kappa shape index (κ1) is 15.3. The molecule has 0 unspecified atom stereocenters. The molecule has 2 aliphatic rings. The van der Waals surface area contributed by atoms with Crippen molar-refractivity contribution < 1.29 is 4.79 Å². The molecular formula is C19H20N6O. The molecule has 0 aliphatic carbocycles. The minimum absolute atomic E-state index is 0.0810. The maximum Gasteiger partial charge on any atom is 0.255 e. The summed E-state index contributed by atoms with van der Waals surface area (Å²) in [5, 5.41) is 0. The van der Waals surface area contributed by atoms with Gasteiger partial charge in [0.25, 0.3) is 5.91 Å². The van der Waals surface area contributed by atoms with Gasteiger partial charge in [-0.1, -0.05) is 6.92 Å². The van der Waals surface area contributed by atoms with Gasteiger partial charge in [0, 0.05) is 31.4 Å². The second-order valence-electron chi connectivity index (χ2n) is 7.12. The van der Waals surface area contributed by atoms with Crippen LogP contribution in [-0.4, -0.2) is 56.0 Å². The van der Waals surface area contributed by atoms with Gasteiger partial charge >= 0.3 is 0 Å². The molecule has 26 heavy (non-hydrogen) atoms. The third-order valence-corrected chi connectivity index (χ3v) is 5.56. The van der Waals surface area contributed by atoms with E-state index >= 15 is 0 Å². The summed E-state index contributed by atoms with van der Waals surface area (Å²) < 4.78 is 2.17. The minimum atomic E-state index is 0.0810. The number of carbonyl (C=O) groups excluding carboxylic acids is 1. The van der Waals surface area contributed by atoms with E-state index in [2.05, 4.69) is 26.3 Å². The highest BCUT2D eigenvalue weighted by molar-refractivity contribution is 6.13. The SMILES string of the molecule is C[C@@H]1CCN(C(=O)C2=CCN=C2)C[C@@H]1c1ncc2cnc3[nH]ccc3n12. The minimum Gasteiger partial charge on any atom is -0.345 e. The zero-order valence-electron chi connectivity index (χ0n) is 14.6. The van der Waals surface area contributed by atoms with Crippen molar-refractivity contribution in [2.75, 3.05) is 19.6 Å². The fourth-order valence-corrected chi connectivity index (χ4v) is 4.03. The average Bonchev–Trinajstić information content (AvgIpc) is 3.40. The summed E-state index contributed by atoms with van der Waals surface area (Å²) in [6, 6.07) is 2.02. The van der Waals surface area contributed by atoms with E-state index < -0.39 is 0 Å². The number of piperidine rings is 1. The fraction of sp³-hybridized carbons (Fsp3) is 0.368. The van der Waals surface area contributed by atoms with Gasteiger partial charge in [-0.15, -0.1) is 0 Å². The van der Waals surface area contributed by atoms with Crippen LogP contribution >= 0.6 is 0 Å². The standard InChI is InChI=1S/C19H20N6O/c1-12-4-7-24(19(26)13-2-5-20-8-13)11-15(12)18-23-10-14-9-22-17-16(25(14)18)3-6-21-17/h2-3,6,8-10,12,15,21H,4-5,7,11H2,1H3/t12-,15+/m1/s1. The van der Waals surface area contributed by atoms with Crippen LogP contribution in [0.3, 0.4) is 0 Å². The Morgan fingerprint density at radius 1 is 1.31 bits per heavy atom. The molecule has 2 aliphatic heterocycles. The molecule has 1 fully saturated rings. The summed E-state index contributed by atoms with van der Waals surface area (Å²) in [5.74, 6) is 1.73. The van der Waals surface area contributed by atoms with Crippen LogP contribution in [0.1, 0.15) is 25.1 Å². The van der Waals surface area contributed by atoms with Crippen LogP contribution in [0.2, 0.25) is 0 Å². The number of rotatable bonds is 2. The van der Waals surface area contributed by atoms with Crippen LogP contribution in [0.15, 0.2) is 41.3 Å². The summed E-state index contributed by atoms with van der Waals surface area (Å²) in [7, 11) is 0. The van der Waals surface area contributed by atoms with Crippen molar-refractivity contribution in [2.45, 2.75) is 19.3 Å². The first-order valence-corrected chi connectivity index (χ1v) is 9.01. The molecule has 7 nitrogen and oxygen atoms in total. The Morgan fingerprint density at radius 3 is 3.04 bits per heavy atom. The molecule has 3 aromatic rings. The molecular weight excluding hydrogens is 328 g/mol. The van der Waals surface area contributed by atoms with Crippen molar-refractivity contribution in [3.63, 3.8) is 0 Å². The van der Waals surface area contributed by atoms with Crippen LogP contribution < -0.4 is 0 Å². The highest BCUT2D eigenvalue weighted by Gasteiger charge is 2.33.